The Labute approximate surface area is 166 Å². The van der Waals surface area contributed by atoms with Gasteiger partial charge in [0.2, 0.25) is 0 Å². The minimum atomic E-state index is -1.53. The molecule has 1 aromatic rings. The Bertz CT molecular complexity index is 498. The van der Waals surface area contributed by atoms with Crippen molar-refractivity contribution in [2.45, 2.75) is 96.0 Å². The Morgan fingerprint density at radius 2 is 1.30 bits per heavy atom. The SMILES string of the molecule is CCCCCCCCCCCCCCC(O)(CO)C(O)=Cc1ccccc1. The Balaban J connectivity index is 2.15. The highest BCUT2D eigenvalue weighted by molar-refractivity contribution is 5.52. The van der Waals surface area contributed by atoms with E-state index in [2.05, 4.69) is 6.92 Å². The van der Waals surface area contributed by atoms with Crippen LogP contribution in [-0.4, -0.2) is 27.5 Å². The molecule has 0 amide bonds. The van der Waals surface area contributed by atoms with Gasteiger partial charge in [0.1, 0.15) is 11.4 Å². The summed E-state index contributed by atoms with van der Waals surface area (Å²) in [6.07, 6.45) is 16.9. The van der Waals surface area contributed by atoms with E-state index in [-0.39, 0.29) is 5.76 Å². The van der Waals surface area contributed by atoms with Crippen molar-refractivity contribution >= 4 is 6.08 Å². The zero-order chi connectivity index (χ0) is 19.8. The van der Waals surface area contributed by atoms with Crippen LogP contribution in [0.2, 0.25) is 0 Å². The lowest BCUT2D eigenvalue weighted by Gasteiger charge is -2.25. The molecular formula is C24H40O3. The maximum atomic E-state index is 10.5. The van der Waals surface area contributed by atoms with Crippen LogP contribution in [0.3, 0.4) is 0 Å². The second-order valence-corrected chi connectivity index (χ2v) is 7.77. The van der Waals surface area contributed by atoms with Gasteiger partial charge in [-0.1, -0.05) is 114 Å². The Hall–Kier alpha value is -1.32. The van der Waals surface area contributed by atoms with Gasteiger partial charge in [-0.2, -0.15) is 0 Å². The predicted octanol–water partition coefficient (Wildman–Crippen LogP) is 6.40. The number of hydrogen-bond acceptors (Lipinski definition) is 3. The molecule has 0 bridgehead atoms. The van der Waals surface area contributed by atoms with E-state index in [0.29, 0.717) is 6.42 Å². The molecule has 1 atom stereocenters. The molecule has 3 nitrogen and oxygen atoms in total. The smallest absolute Gasteiger partial charge is 0.144 e. The number of hydrogen-bond donors (Lipinski definition) is 3. The predicted molar refractivity (Wildman–Crippen MR) is 115 cm³/mol. The zero-order valence-electron chi connectivity index (χ0n) is 17.2. The van der Waals surface area contributed by atoms with E-state index in [1.807, 2.05) is 30.3 Å². The summed E-state index contributed by atoms with van der Waals surface area (Å²) >= 11 is 0. The monoisotopic (exact) mass is 376 g/mol. The summed E-state index contributed by atoms with van der Waals surface area (Å²) in [5, 5.41) is 30.4. The fourth-order valence-electron chi connectivity index (χ4n) is 3.39. The lowest BCUT2D eigenvalue weighted by Crippen LogP contribution is -2.35. The Kier molecular flexibility index (Phi) is 12.9. The van der Waals surface area contributed by atoms with Crippen molar-refractivity contribution in [3.05, 3.63) is 41.7 Å². The first-order valence-electron chi connectivity index (χ1n) is 10.9. The van der Waals surface area contributed by atoms with Crippen LogP contribution in [0.25, 0.3) is 6.08 Å². The molecule has 0 aliphatic carbocycles. The summed E-state index contributed by atoms with van der Waals surface area (Å²) in [6, 6.07) is 9.37. The fourth-order valence-corrected chi connectivity index (χ4v) is 3.39. The van der Waals surface area contributed by atoms with E-state index >= 15 is 0 Å². The van der Waals surface area contributed by atoms with Gasteiger partial charge in [-0.15, -0.1) is 0 Å². The molecule has 0 aliphatic heterocycles. The number of unbranched alkanes of at least 4 members (excludes halogenated alkanes) is 11. The quantitative estimate of drug-likeness (QED) is 0.231. The first-order chi connectivity index (χ1) is 13.1. The van der Waals surface area contributed by atoms with Gasteiger partial charge in [0, 0.05) is 0 Å². The number of rotatable bonds is 16. The number of benzene rings is 1. The molecule has 0 aromatic heterocycles. The van der Waals surface area contributed by atoms with Gasteiger partial charge in [0.15, 0.2) is 0 Å². The first kappa shape index (κ1) is 23.7. The molecule has 1 unspecified atom stereocenters. The lowest BCUT2D eigenvalue weighted by molar-refractivity contribution is -0.0207. The third-order valence-corrected chi connectivity index (χ3v) is 5.29. The summed E-state index contributed by atoms with van der Waals surface area (Å²) in [7, 11) is 0. The van der Waals surface area contributed by atoms with Gasteiger partial charge >= 0.3 is 0 Å². The van der Waals surface area contributed by atoms with Gasteiger partial charge in [-0.3, -0.25) is 0 Å². The van der Waals surface area contributed by atoms with Crippen LogP contribution in [0.15, 0.2) is 36.1 Å². The van der Waals surface area contributed by atoms with E-state index in [1.165, 1.54) is 63.9 Å². The average molecular weight is 377 g/mol. The van der Waals surface area contributed by atoms with Crippen LogP contribution in [-0.2, 0) is 0 Å². The number of aliphatic hydroxyl groups excluding tert-OH is 2. The van der Waals surface area contributed by atoms with Gasteiger partial charge < -0.3 is 15.3 Å². The average Bonchev–Trinajstić information content (AvgIpc) is 2.69. The second-order valence-electron chi connectivity index (χ2n) is 7.77. The minimum absolute atomic E-state index is 0.153. The van der Waals surface area contributed by atoms with Crippen LogP contribution >= 0.6 is 0 Å². The molecule has 0 spiro atoms. The van der Waals surface area contributed by atoms with Crippen molar-refractivity contribution in [1.82, 2.24) is 0 Å². The van der Waals surface area contributed by atoms with E-state index in [0.717, 1.165) is 24.8 Å². The third kappa shape index (κ3) is 10.6. The lowest BCUT2D eigenvalue weighted by atomic mass is 9.93. The molecule has 3 heteroatoms. The van der Waals surface area contributed by atoms with Crippen molar-refractivity contribution in [3.8, 4) is 0 Å². The summed E-state index contributed by atoms with van der Waals surface area (Å²) in [4.78, 5) is 0. The molecule has 0 radical (unpaired) electrons. The van der Waals surface area contributed by atoms with Gasteiger partial charge in [-0.25, -0.2) is 0 Å². The minimum Gasteiger partial charge on any atom is -0.509 e. The van der Waals surface area contributed by atoms with E-state index in [4.69, 9.17) is 0 Å². The second kappa shape index (κ2) is 14.7. The standard InChI is InChI=1S/C24H40O3/c1-2-3-4-5-6-7-8-9-10-11-12-16-19-24(27,21-25)23(26)20-22-17-14-13-15-18-22/h13-15,17-18,20,25-27H,2-12,16,19,21H2,1H3. The molecule has 1 rings (SSSR count). The number of aliphatic hydroxyl groups is 3. The van der Waals surface area contributed by atoms with Crippen molar-refractivity contribution in [3.63, 3.8) is 0 Å². The van der Waals surface area contributed by atoms with Gasteiger partial charge in [0.25, 0.3) is 0 Å². The third-order valence-electron chi connectivity index (χ3n) is 5.29. The van der Waals surface area contributed by atoms with Gasteiger partial charge in [-0.05, 0) is 18.1 Å². The van der Waals surface area contributed by atoms with Crippen LogP contribution in [0.1, 0.15) is 96.0 Å². The largest absolute Gasteiger partial charge is 0.509 e. The zero-order valence-corrected chi connectivity index (χ0v) is 17.2. The Morgan fingerprint density at radius 1 is 0.815 bits per heavy atom. The molecule has 3 N–H and O–H groups in total. The van der Waals surface area contributed by atoms with Crippen LogP contribution in [0, 0.1) is 0 Å². The molecule has 0 heterocycles. The summed E-state index contributed by atoms with van der Waals surface area (Å²) in [6.45, 7) is 1.79. The highest BCUT2D eigenvalue weighted by Crippen LogP contribution is 2.24. The summed E-state index contributed by atoms with van der Waals surface area (Å²) in [5.74, 6) is -0.153. The van der Waals surface area contributed by atoms with Crippen molar-refractivity contribution < 1.29 is 15.3 Å². The topological polar surface area (TPSA) is 60.7 Å². The van der Waals surface area contributed by atoms with E-state index in [1.54, 1.807) is 0 Å². The van der Waals surface area contributed by atoms with Crippen molar-refractivity contribution in [1.29, 1.82) is 0 Å². The van der Waals surface area contributed by atoms with Crippen LogP contribution < -0.4 is 0 Å². The van der Waals surface area contributed by atoms with E-state index < -0.39 is 12.2 Å². The molecule has 154 valence electrons. The molecule has 0 fully saturated rings. The fraction of sp³-hybridized carbons (Fsp3) is 0.667. The maximum Gasteiger partial charge on any atom is 0.144 e. The normalized spacial score (nSPS) is 14.3. The van der Waals surface area contributed by atoms with Crippen molar-refractivity contribution in [2.75, 3.05) is 6.61 Å². The molecule has 0 saturated carbocycles. The van der Waals surface area contributed by atoms with Crippen molar-refractivity contribution in [2.24, 2.45) is 0 Å². The highest BCUT2D eigenvalue weighted by atomic mass is 16.4. The highest BCUT2D eigenvalue weighted by Gasteiger charge is 2.30. The molecule has 1 aromatic carbocycles. The molecule has 0 aliphatic rings. The van der Waals surface area contributed by atoms with Gasteiger partial charge in [0.05, 0.1) is 6.61 Å². The summed E-state index contributed by atoms with van der Waals surface area (Å²) in [5.41, 5.74) is -0.717. The molecular weight excluding hydrogens is 336 g/mol. The van der Waals surface area contributed by atoms with E-state index in [9.17, 15) is 15.3 Å². The molecule has 27 heavy (non-hydrogen) atoms. The van der Waals surface area contributed by atoms with Crippen LogP contribution in [0.5, 0.6) is 0 Å². The Morgan fingerprint density at radius 3 is 1.78 bits per heavy atom. The van der Waals surface area contributed by atoms with Crippen LogP contribution in [0.4, 0.5) is 0 Å². The summed E-state index contributed by atoms with van der Waals surface area (Å²) < 4.78 is 0. The first-order valence-corrected chi connectivity index (χ1v) is 10.9. The maximum absolute atomic E-state index is 10.5. The molecule has 0 saturated heterocycles.